The Morgan fingerprint density at radius 2 is 1.23 bits per heavy atom. The molecule has 31 heavy (non-hydrogen) atoms. The number of hydrogen-bond acceptors (Lipinski definition) is 5. The Balaban J connectivity index is 1.20. The molecule has 0 spiro atoms. The van der Waals surface area contributed by atoms with E-state index in [1.54, 1.807) is 0 Å². The van der Waals surface area contributed by atoms with Gasteiger partial charge in [-0.15, -0.1) is 0 Å². The van der Waals surface area contributed by atoms with E-state index in [1.807, 2.05) is 11.8 Å². The number of piperazine rings is 1. The zero-order valence-electron chi connectivity index (χ0n) is 17.7. The molecule has 2 heterocycles. The second-order valence-electron chi connectivity index (χ2n) is 8.36. The van der Waals surface area contributed by atoms with Crippen molar-refractivity contribution in [2.24, 2.45) is 0 Å². The molecule has 3 aromatic carbocycles. The van der Waals surface area contributed by atoms with Crippen molar-refractivity contribution in [3.05, 3.63) is 84.4 Å². The Labute approximate surface area is 189 Å². The summed E-state index contributed by atoms with van der Waals surface area (Å²) in [5.74, 6) is 0. The van der Waals surface area contributed by atoms with Crippen molar-refractivity contribution in [1.29, 1.82) is 0 Å². The van der Waals surface area contributed by atoms with Gasteiger partial charge < -0.3 is 10.0 Å². The molecular weight excluding hydrogens is 402 g/mol. The quantitative estimate of drug-likeness (QED) is 0.622. The first-order chi connectivity index (χ1) is 15.3. The molecule has 1 saturated heterocycles. The van der Waals surface area contributed by atoms with Crippen LogP contribution in [0.3, 0.4) is 0 Å². The molecule has 0 aromatic heterocycles. The summed E-state index contributed by atoms with van der Waals surface area (Å²) in [4.78, 5) is 9.71. The lowest BCUT2D eigenvalue weighted by Crippen LogP contribution is -2.49. The number of β-amino-alcohol motifs (C(OH)–C–C–N with tert-alkyl or cyclic N) is 1. The predicted molar refractivity (Wildman–Crippen MR) is 128 cm³/mol. The van der Waals surface area contributed by atoms with Gasteiger partial charge in [0.05, 0.1) is 24.0 Å². The fourth-order valence-electron chi connectivity index (χ4n) is 4.52. The van der Waals surface area contributed by atoms with Crippen LogP contribution in [0, 0.1) is 0 Å². The summed E-state index contributed by atoms with van der Waals surface area (Å²) in [6.07, 6.45) is -0.398. The molecule has 4 nitrogen and oxygen atoms in total. The summed E-state index contributed by atoms with van der Waals surface area (Å²) in [6, 6.07) is 27.7. The first-order valence-corrected chi connectivity index (χ1v) is 11.9. The lowest BCUT2D eigenvalue weighted by atomic mass is 10.1. The molecule has 3 aromatic rings. The minimum atomic E-state index is -0.398. The minimum Gasteiger partial charge on any atom is -0.390 e. The summed E-state index contributed by atoms with van der Waals surface area (Å²) >= 11 is 1.81. The van der Waals surface area contributed by atoms with Crippen molar-refractivity contribution in [2.75, 3.05) is 44.2 Å². The standard InChI is InChI=1S/C26H29N3OS/c30-22(19-28-16-14-27(15-17-28)18-21-8-2-1-3-9-21)20-29-23-10-4-6-12-25(23)31-26-13-7-5-11-24(26)29/h1-13,22,30H,14-20H2. The van der Waals surface area contributed by atoms with E-state index in [2.05, 4.69) is 93.6 Å². The third-order valence-corrected chi connectivity index (χ3v) is 7.24. The Morgan fingerprint density at radius 1 is 0.677 bits per heavy atom. The van der Waals surface area contributed by atoms with Crippen molar-refractivity contribution in [3.63, 3.8) is 0 Å². The average Bonchev–Trinajstić information content (AvgIpc) is 2.81. The van der Waals surface area contributed by atoms with E-state index in [-0.39, 0.29) is 0 Å². The number of nitrogens with zero attached hydrogens (tertiary/aromatic N) is 3. The van der Waals surface area contributed by atoms with E-state index >= 15 is 0 Å². The molecule has 1 atom stereocenters. The first kappa shape index (κ1) is 20.6. The van der Waals surface area contributed by atoms with Crippen molar-refractivity contribution in [3.8, 4) is 0 Å². The molecule has 0 saturated carbocycles. The zero-order valence-corrected chi connectivity index (χ0v) is 18.5. The maximum atomic E-state index is 11.0. The van der Waals surface area contributed by atoms with E-state index in [4.69, 9.17) is 0 Å². The van der Waals surface area contributed by atoms with Crippen LogP contribution >= 0.6 is 11.8 Å². The van der Waals surface area contributed by atoms with Crippen molar-refractivity contribution in [1.82, 2.24) is 9.80 Å². The van der Waals surface area contributed by atoms with Crippen LogP contribution in [0.1, 0.15) is 5.56 Å². The number of benzene rings is 3. The summed E-state index contributed by atoms with van der Waals surface area (Å²) in [6.45, 7) is 6.45. The Bertz CT molecular complexity index is 959. The van der Waals surface area contributed by atoms with Crippen LogP contribution in [0.2, 0.25) is 0 Å². The molecule has 0 radical (unpaired) electrons. The molecule has 2 aliphatic rings. The van der Waals surface area contributed by atoms with Gasteiger partial charge in [-0.2, -0.15) is 0 Å². The van der Waals surface area contributed by atoms with Gasteiger partial charge in [0.25, 0.3) is 0 Å². The van der Waals surface area contributed by atoms with E-state index in [0.717, 1.165) is 32.7 Å². The summed E-state index contributed by atoms with van der Waals surface area (Å²) in [7, 11) is 0. The Morgan fingerprint density at radius 3 is 1.87 bits per heavy atom. The molecule has 5 rings (SSSR count). The number of anilines is 2. The maximum Gasteiger partial charge on any atom is 0.0845 e. The van der Waals surface area contributed by atoms with Gasteiger partial charge in [0.1, 0.15) is 0 Å². The van der Waals surface area contributed by atoms with Gasteiger partial charge in [0.2, 0.25) is 0 Å². The molecule has 0 amide bonds. The number of aliphatic hydroxyl groups excluding tert-OH is 1. The van der Waals surface area contributed by atoms with Crippen LogP contribution in [0.15, 0.2) is 88.7 Å². The summed E-state index contributed by atoms with van der Waals surface area (Å²) in [5, 5.41) is 11.0. The highest BCUT2D eigenvalue weighted by atomic mass is 32.2. The van der Waals surface area contributed by atoms with E-state index in [0.29, 0.717) is 13.1 Å². The Hall–Kier alpha value is -2.31. The van der Waals surface area contributed by atoms with Crippen molar-refractivity contribution in [2.45, 2.75) is 22.4 Å². The van der Waals surface area contributed by atoms with Crippen LogP contribution in [-0.4, -0.2) is 60.3 Å². The largest absolute Gasteiger partial charge is 0.390 e. The second-order valence-corrected chi connectivity index (χ2v) is 9.45. The number of rotatable bonds is 6. The second kappa shape index (κ2) is 9.45. The van der Waals surface area contributed by atoms with Crippen LogP contribution in [0.25, 0.3) is 0 Å². The summed E-state index contributed by atoms with van der Waals surface area (Å²) in [5.41, 5.74) is 3.76. The van der Waals surface area contributed by atoms with E-state index < -0.39 is 6.10 Å². The third kappa shape index (κ3) is 4.80. The zero-order chi connectivity index (χ0) is 21.0. The van der Waals surface area contributed by atoms with Crippen LogP contribution in [0.4, 0.5) is 11.4 Å². The fourth-order valence-corrected chi connectivity index (χ4v) is 5.61. The molecule has 0 bridgehead atoms. The minimum absolute atomic E-state index is 0.398. The number of aliphatic hydroxyl groups is 1. The van der Waals surface area contributed by atoms with Gasteiger partial charge in [-0.3, -0.25) is 9.80 Å². The molecule has 160 valence electrons. The average molecular weight is 432 g/mol. The molecule has 1 unspecified atom stereocenters. The topological polar surface area (TPSA) is 30.0 Å². The van der Waals surface area contributed by atoms with Gasteiger partial charge in [-0.05, 0) is 29.8 Å². The maximum absolute atomic E-state index is 11.0. The number of hydrogen-bond donors (Lipinski definition) is 1. The van der Waals surface area contributed by atoms with Crippen LogP contribution in [-0.2, 0) is 6.54 Å². The van der Waals surface area contributed by atoms with Crippen molar-refractivity contribution < 1.29 is 5.11 Å². The molecular formula is C26H29N3OS. The first-order valence-electron chi connectivity index (χ1n) is 11.1. The van der Waals surface area contributed by atoms with Crippen molar-refractivity contribution >= 4 is 23.1 Å². The van der Waals surface area contributed by atoms with Gasteiger partial charge in [0.15, 0.2) is 0 Å². The Kier molecular flexibility index (Phi) is 6.27. The molecule has 1 N–H and O–H groups in total. The van der Waals surface area contributed by atoms with E-state index in [1.165, 1.54) is 26.7 Å². The monoisotopic (exact) mass is 431 g/mol. The normalized spacial score (nSPS) is 17.8. The number of fused-ring (bicyclic) bond motifs is 2. The van der Waals surface area contributed by atoms with E-state index in [9.17, 15) is 5.11 Å². The molecule has 2 aliphatic heterocycles. The predicted octanol–water partition coefficient (Wildman–Crippen LogP) is 4.47. The van der Waals surface area contributed by atoms with Crippen LogP contribution < -0.4 is 4.90 Å². The molecule has 1 fully saturated rings. The summed E-state index contributed by atoms with van der Waals surface area (Å²) < 4.78 is 0. The van der Waals surface area contributed by atoms with Gasteiger partial charge in [-0.25, -0.2) is 0 Å². The highest BCUT2D eigenvalue weighted by Gasteiger charge is 2.26. The molecule has 0 aliphatic carbocycles. The highest BCUT2D eigenvalue weighted by molar-refractivity contribution is 7.99. The van der Waals surface area contributed by atoms with Gasteiger partial charge in [0, 0.05) is 49.1 Å². The number of para-hydroxylation sites is 2. The smallest absolute Gasteiger partial charge is 0.0845 e. The fraction of sp³-hybridized carbons (Fsp3) is 0.308. The van der Waals surface area contributed by atoms with Gasteiger partial charge >= 0.3 is 0 Å². The highest BCUT2D eigenvalue weighted by Crippen LogP contribution is 2.47. The van der Waals surface area contributed by atoms with Crippen LogP contribution in [0.5, 0.6) is 0 Å². The van der Waals surface area contributed by atoms with Gasteiger partial charge in [-0.1, -0.05) is 66.4 Å². The lowest BCUT2D eigenvalue weighted by Gasteiger charge is -2.38. The lowest BCUT2D eigenvalue weighted by molar-refractivity contribution is 0.0738. The molecule has 5 heteroatoms. The SMILES string of the molecule is OC(CN1CCN(Cc2ccccc2)CC1)CN1c2ccccc2Sc2ccccc21. The third-order valence-electron chi connectivity index (χ3n) is 6.11.